The predicted molar refractivity (Wildman–Crippen MR) is 80.3 cm³/mol. The summed E-state index contributed by atoms with van der Waals surface area (Å²) >= 11 is 0. The Morgan fingerprint density at radius 1 is 1.33 bits per heavy atom. The Kier molecular flexibility index (Phi) is 7.84. The third-order valence-corrected chi connectivity index (χ3v) is 2.93. The number of hydrogen-bond acceptors (Lipinski definition) is 6. The second kappa shape index (κ2) is 9.41. The van der Waals surface area contributed by atoms with E-state index < -0.39 is 11.0 Å². The zero-order valence-electron chi connectivity index (χ0n) is 12.5. The average molecular weight is 297 g/mol. The van der Waals surface area contributed by atoms with Crippen LogP contribution in [0.2, 0.25) is 0 Å². The van der Waals surface area contributed by atoms with Gasteiger partial charge >= 0.3 is 0 Å². The van der Waals surface area contributed by atoms with Crippen LogP contribution in [0.1, 0.15) is 11.7 Å². The molecule has 0 aliphatic heterocycles. The molecule has 21 heavy (non-hydrogen) atoms. The number of nitro benzene ring substituents is 1. The van der Waals surface area contributed by atoms with Gasteiger partial charge in [0.05, 0.1) is 24.2 Å². The topological polar surface area (TPSA) is 87.9 Å². The maximum absolute atomic E-state index is 10.5. The lowest BCUT2D eigenvalue weighted by Crippen LogP contribution is -2.26. The molecule has 0 amide bonds. The SMILES string of the molecule is CN(C)CCOCCNCC(O)c1ccc([N+](=O)[O-])cc1. The molecule has 1 rings (SSSR count). The summed E-state index contributed by atoms with van der Waals surface area (Å²) in [6.45, 7) is 3.18. The van der Waals surface area contributed by atoms with Gasteiger partial charge in [-0.3, -0.25) is 10.1 Å². The van der Waals surface area contributed by atoms with Gasteiger partial charge in [-0.25, -0.2) is 0 Å². The lowest BCUT2D eigenvalue weighted by atomic mass is 10.1. The summed E-state index contributed by atoms with van der Waals surface area (Å²) in [7, 11) is 3.98. The molecule has 0 aliphatic rings. The van der Waals surface area contributed by atoms with Crippen molar-refractivity contribution in [2.45, 2.75) is 6.10 Å². The number of aliphatic hydroxyl groups excluding tert-OH is 1. The van der Waals surface area contributed by atoms with Crippen molar-refractivity contribution in [1.29, 1.82) is 0 Å². The molecule has 1 unspecified atom stereocenters. The predicted octanol–water partition coefficient (Wildman–Crippen LogP) is 0.796. The largest absolute Gasteiger partial charge is 0.387 e. The molecule has 7 heteroatoms. The second-order valence-corrected chi connectivity index (χ2v) is 4.98. The Morgan fingerprint density at radius 3 is 2.57 bits per heavy atom. The molecule has 0 aromatic heterocycles. The summed E-state index contributed by atoms with van der Waals surface area (Å²) in [5.41, 5.74) is 0.676. The van der Waals surface area contributed by atoms with Crippen molar-refractivity contribution < 1.29 is 14.8 Å². The van der Waals surface area contributed by atoms with Crippen LogP contribution >= 0.6 is 0 Å². The maximum atomic E-state index is 10.5. The van der Waals surface area contributed by atoms with Crippen LogP contribution in [0.15, 0.2) is 24.3 Å². The molecule has 0 radical (unpaired) electrons. The minimum atomic E-state index is -0.687. The van der Waals surface area contributed by atoms with Gasteiger partial charge in [0, 0.05) is 31.8 Å². The summed E-state index contributed by atoms with van der Waals surface area (Å²) in [5.74, 6) is 0. The van der Waals surface area contributed by atoms with Gasteiger partial charge in [-0.2, -0.15) is 0 Å². The van der Waals surface area contributed by atoms with Crippen LogP contribution in [0.4, 0.5) is 5.69 Å². The fourth-order valence-corrected chi connectivity index (χ4v) is 1.67. The van der Waals surface area contributed by atoms with Gasteiger partial charge in [-0.15, -0.1) is 0 Å². The van der Waals surface area contributed by atoms with E-state index in [-0.39, 0.29) is 5.69 Å². The van der Waals surface area contributed by atoms with Crippen molar-refractivity contribution in [1.82, 2.24) is 10.2 Å². The smallest absolute Gasteiger partial charge is 0.269 e. The third kappa shape index (κ3) is 7.14. The van der Waals surface area contributed by atoms with Crippen molar-refractivity contribution in [3.05, 3.63) is 39.9 Å². The number of hydrogen-bond donors (Lipinski definition) is 2. The average Bonchev–Trinajstić information content (AvgIpc) is 2.45. The minimum absolute atomic E-state index is 0.0215. The summed E-state index contributed by atoms with van der Waals surface area (Å²) in [6, 6.07) is 5.92. The number of nitro groups is 1. The van der Waals surface area contributed by atoms with E-state index in [1.54, 1.807) is 12.1 Å². The number of nitrogens with zero attached hydrogens (tertiary/aromatic N) is 2. The van der Waals surface area contributed by atoms with E-state index in [1.165, 1.54) is 12.1 Å². The summed E-state index contributed by atoms with van der Waals surface area (Å²) in [5, 5.41) is 23.6. The quantitative estimate of drug-likeness (QED) is 0.377. The van der Waals surface area contributed by atoms with Crippen molar-refractivity contribution in [3.63, 3.8) is 0 Å². The van der Waals surface area contributed by atoms with Crippen molar-refractivity contribution >= 4 is 5.69 Å². The minimum Gasteiger partial charge on any atom is -0.387 e. The van der Waals surface area contributed by atoms with Gasteiger partial charge in [-0.05, 0) is 31.8 Å². The van der Waals surface area contributed by atoms with Gasteiger partial charge in [0.1, 0.15) is 0 Å². The summed E-state index contributed by atoms with van der Waals surface area (Å²) < 4.78 is 5.41. The molecular formula is C14H23N3O4. The fraction of sp³-hybridized carbons (Fsp3) is 0.571. The van der Waals surface area contributed by atoms with Gasteiger partial charge in [0.2, 0.25) is 0 Å². The van der Waals surface area contributed by atoms with E-state index in [4.69, 9.17) is 4.74 Å². The number of likely N-dealkylation sites (N-methyl/N-ethyl adjacent to an activating group) is 1. The molecule has 2 N–H and O–H groups in total. The van der Waals surface area contributed by atoms with E-state index >= 15 is 0 Å². The van der Waals surface area contributed by atoms with Gasteiger partial charge < -0.3 is 20.1 Å². The van der Waals surface area contributed by atoms with Crippen LogP contribution in [-0.2, 0) is 4.74 Å². The molecule has 0 aliphatic carbocycles. The first kappa shape index (κ1) is 17.5. The highest BCUT2D eigenvalue weighted by Gasteiger charge is 2.09. The van der Waals surface area contributed by atoms with Crippen LogP contribution in [0.5, 0.6) is 0 Å². The first-order valence-corrected chi connectivity index (χ1v) is 6.86. The molecule has 1 atom stereocenters. The highest BCUT2D eigenvalue weighted by Crippen LogP contribution is 2.17. The van der Waals surface area contributed by atoms with Crippen LogP contribution in [0, 0.1) is 10.1 Å². The number of rotatable bonds is 10. The molecule has 0 spiro atoms. The molecule has 0 heterocycles. The summed E-state index contributed by atoms with van der Waals surface area (Å²) in [6.07, 6.45) is -0.687. The van der Waals surface area contributed by atoms with E-state index in [1.807, 2.05) is 19.0 Å². The van der Waals surface area contributed by atoms with Crippen molar-refractivity contribution in [3.8, 4) is 0 Å². The monoisotopic (exact) mass is 297 g/mol. The Bertz CT molecular complexity index is 423. The Labute approximate surface area is 124 Å². The molecule has 0 fully saturated rings. The number of benzene rings is 1. The van der Waals surface area contributed by atoms with Crippen molar-refractivity contribution in [2.24, 2.45) is 0 Å². The maximum Gasteiger partial charge on any atom is 0.269 e. The lowest BCUT2D eigenvalue weighted by Gasteiger charge is -2.13. The number of nitrogens with one attached hydrogen (secondary N) is 1. The molecule has 0 saturated heterocycles. The Morgan fingerprint density at radius 2 is 2.00 bits per heavy atom. The van der Waals surface area contributed by atoms with Gasteiger partial charge in [0.15, 0.2) is 0 Å². The van der Waals surface area contributed by atoms with E-state index in [9.17, 15) is 15.2 Å². The highest BCUT2D eigenvalue weighted by molar-refractivity contribution is 5.33. The normalized spacial score (nSPS) is 12.6. The molecule has 1 aromatic carbocycles. The number of non-ortho nitro benzene ring substituents is 1. The Balaban J connectivity index is 2.18. The third-order valence-electron chi connectivity index (χ3n) is 2.93. The van der Waals surface area contributed by atoms with Gasteiger partial charge in [-0.1, -0.05) is 0 Å². The van der Waals surface area contributed by atoms with E-state index in [2.05, 4.69) is 5.32 Å². The molecule has 0 bridgehead atoms. The zero-order chi connectivity index (χ0) is 15.7. The van der Waals surface area contributed by atoms with E-state index in [0.29, 0.717) is 31.9 Å². The number of ether oxygens (including phenoxy) is 1. The van der Waals surface area contributed by atoms with Crippen LogP contribution in [-0.4, -0.2) is 61.9 Å². The number of aliphatic hydroxyl groups is 1. The van der Waals surface area contributed by atoms with Crippen LogP contribution < -0.4 is 5.32 Å². The first-order valence-electron chi connectivity index (χ1n) is 6.86. The van der Waals surface area contributed by atoms with Gasteiger partial charge in [0.25, 0.3) is 5.69 Å². The zero-order valence-corrected chi connectivity index (χ0v) is 12.5. The standard InChI is InChI=1S/C14H23N3O4/c1-16(2)8-10-21-9-7-15-11-14(18)12-3-5-13(6-4-12)17(19)20/h3-6,14-15,18H,7-11H2,1-2H3. The lowest BCUT2D eigenvalue weighted by molar-refractivity contribution is -0.384. The molecule has 7 nitrogen and oxygen atoms in total. The van der Waals surface area contributed by atoms with E-state index in [0.717, 1.165) is 6.54 Å². The molecule has 118 valence electrons. The van der Waals surface area contributed by atoms with Crippen LogP contribution in [0.3, 0.4) is 0 Å². The second-order valence-electron chi connectivity index (χ2n) is 4.98. The first-order chi connectivity index (χ1) is 10.0. The summed E-state index contributed by atoms with van der Waals surface area (Å²) in [4.78, 5) is 12.1. The Hall–Kier alpha value is -1.54. The highest BCUT2D eigenvalue weighted by atomic mass is 16.6. The molecular weight excluding hydrogens is 274 g/mol. The molecule has 0 saturated carbocycles. The molecule has 1 aromatic rings. The fourth-order valence-electron chi connectivity index (χ4n) is 1.67. The van der Waals surface area contributed by atoms with Crippen molar-refractivity contribution in [2.75, 3.05) is 46.9 Å². The van der Waals surface area contributed by atoms with Crippen LogP contribution in [0.25, 0.3) is 0 Å².